The lowest BCUT2D eigenvalue weighted by atomic mass is 10.2. The van der Waals surface area contributed by atoms with E-state index in [2.05, 4.69) is 10.6 Å². The van der Waals surface area contributed by atoms with E-state index in [1.54, 1.807) is 0 Å². The smallest absolute Gasteiger partial charge is 0.325 e. The molecule has 1 rings (SSSR count). The van der Waals surface area contributed by atoms with Gasteiger partial charge in [0.15, 0.2) is 0 Å². The maximum Gasteiger partial charge on any atom is 0.325 e. The lowest BCUT2D eigenvalue weighted by Crippen LogP contribution is -2.39. The number of hydrogen-bond donors (Lipinski definition) is 2. The molecule has 0 aliphatic heterocycles. The van der Waals surface area contributed by atoms with Crippen molar-refractivity contribution in [3.63, 3.8) is 0 Å². The van der Waals surface area contributed by atoms with Crippen LogP contribution < -0.4 is 10.6 Å². The van der Waals surface area contributed by atoms with Crippen molar-refractivity contribution in [3.05, 3.63) is 33.8 Å². The summed E-state index contributed by atoms with van der Waals surface area (Å²) >= 11 is 11.7. The van der Waals surface area contributed by atoms with Crippen LogP contribution in [0, 0.1) is 0 Å². The highest BCUT2D eigenvalue weighted by Crippen LogP contribution is 2.20. The molecule has 1 aromatic carbocycles. The standard InChI is InChI=1S/C16H20Cl2N2O5/c1-10(2)24-5-6-25-15(22)9-19-14(21)8-20-16(23)12-4-3-11(17)7-13(12)18/h3-4,7,10H,5-6,8-9H2,1-2H3,(H,19,21)(H,20,23). The first-order valence-corrected chi connectivity index (χ1v) is 8.32. The minimum atomic E-state index is -0.590. The topological polar surface area (TPSA) is 93.7 Å². The van der Waals surface area contributed by atoms with Crippen LogP contribution in [0.4, 0.5) is 0 Å². The molecule has 0 bridgehead atoms. The molecule has 0 aromatic heterocycles. The summed E-state index contributed by atoms with van der Waals surface area (Å²) in [5, 5.41) is 5.31. The Bertz CT molecular complexity index is 623. The van der Waals surface area contributed by atoms with Gasteiger partial charge < -0.3 is 20.1 Å². The summed E-state index contributed by atoms with van der Waals surface area (Å²) < 4.78 is 10.1. The van der Waals surface area contributed by atoms with Gasteiger partial charge in [-0.2, -0.15) is 0 Å². The first-order chi connectivity index (χ1) is 11.8. The highest BCUT2D eigenvalue weighted by Gasteiger charge is 2.13. The summed E-state index contributed by atoms with van der Waals surface area (Å²) in [5.74, 6) is -1.65. The molecule has 0 aliphatic carbocycles. The van der Waals surface area contributed by atoms with Gasteiger partial charge in [-0.3, -0.25) is 14.4 Å². The third-order valence-electron chi connectivity index (χ3n) is 2.81. The maximum atomic E-state index is 11.9. The monoisotopic (exact) mass is 390 g/mol. The van der Waals surface area contributed by atoms with Crippen molar-refractivity contribution in [1.29, 1.82) is 0 Å². The second-order valence-electron chi connectivity index (χ2n) is 5.22. The number of nitrogens with one attached hydrogen (secondary N) is 2. The fourth-order valence-corrected chi connectivity index (χ4v) is 2.15. The van der Waals surface area contributed by atoms with Crippen molar-refractivity contribution < 1.29 is 23.9 Å². The first kappa shape index (κ1) is 21.2. The van der Waals surface area contributed by atoms with E-state index < -0.39 is 17.8 Å². The molecule has 0 radical (unpaired) electrons. The third kappa shape index (κ3) is 8.72. The van der Waals surface area contributed by atoms with Gasteiger partial charge in [0.2, 0.25) is 5.91 Å². The second kappa shape index (κ2) is 10.9. The minimum absolute atomic E-state index is 0.0520. The van der Waals surface area contributed by atoms with Crippen LogP contribution in [-0.4, -0.2) is 50.2 Å². The molecule has 0 saturated carbocycles. The molecule has 2 amide bonds. The predicted octanol–water partition coefficient (Wildman–Crippen LogP) is 1.81. The normalized spacial score (nSPS) is 10.4. The van der Waals surface area contributed by atoms with E-state index in [0.717, 1.165) is 0 Å². The number of halogens is 2. The molecule has 2 N–H and O–H groups in total. The van der Waals surface area contributed by atoms with Crippen LogP contribution in [0.15, 0.2) is 18.2 Å². The van der Waals surface area contributed by atoms with E-state index in [4.69, 9.17) is 32.7 Å². The highest BCUT2D eigenvalue weighted by atomic mass is 35.5. The van der Waals surface area contributed by atoms with Crippen molar-refractivity contribution in [2.24, 2.45) is 0 Å². The Morgan fingerprint density at radius 3 is 2.44 bits per heavy atom. The zero-order valence-electron chi connectivity index (χ0n) is 13.9. The predicted molar refractivity (Wildman–Crippen MR) is 93.9 cm³/mol. The van der Waals surface area contributed by atoms with Gasteiger partial charge in [0.25, 0.3) is 5.91 Å². The molecule has 0 spiro atoms. The second-order valence-corrected chi connectivity index (χ2v) is 6.07. The van der Waals surface area contributed by atoms with E-state index >= 15 is 0 Å². The Morgan fingerprint density at radius 2 is 1.80 bits per heavy atom. The summed E-state index contributed by atoms with van der Waals surface area (Å²) in [6.07, 6.45) is 0.0520. The molecule has 0 saturated heterocycles. The van der Waals surface area contributed by atoms with Crippen molar-refractivity contribution in [3.8, 4) is 0 Å². The summed E-state index contributed by atoms with van der Waals surface area (Å²) in [5.41, 5.74) is 0.198. The molecule has 9 heteroatoms. The van der Waals surface area contributed by atoms with E-state index in [1.807, 2.05) is 13.8 Å². The van der Waals surface area contributed by atoms with Crippen LogP contribution in [0.25, 0.3) is 0 Å². The van der Waals surface area contributed by atoms with Gasteiger partial charge in [0.1, 0.15) is 13.2 Å². The van der Waals surface area contributed by atoms with E-state index in [9.17, 15) is 14.4 Å². The number of carbonyl (C=O) groups is 3. The number of carbonyl (C=O) groups excluding carboxylic acids is 3. The average Bonchev–Trinajstić information content (AvgIpc) is 2.54. The Morgan fingerprint density at radius 1 is 1.08 bits per heavy atom. The highest BCUT2D eigenvalue weighted by molar-refractivity contribution is 6.36. The summed E-state index contributed by atoms with van der Waals surface area (Å²) in [7, 11) is 0. The lowest BCUT2D eigenvalue weighted by molar-refractivity contribution is -0.145. The molecule has 0 fully saturated rings. The Labute approximate surface area is 155 Å². The number of amides is 2. The van der Waals surface area contributed by atoms with Crippen LogP contribution in [0.1, 0.15) is 24.2 Å². The Balaban J connectivity index is 2.26. The summed E-state index contributed by atoms with van der Waals surface area (Å²) in [6, 6.07) is 4.40. The first-order valence-electron chi connectivity index (χ1n) is 7.56. The SMILES string of the molecule is CC(C)OCCOC(=O)CNC(=O)CNC(=O)c1ccc(Cl)cc1Cl. The van der Waals surface area contributed by atoms with E-state index in [0.29, 0.717) is 5.02 Å². The largest absolute Gasteiger partial charge is 0.462 e. The van der Waals surface area contributed by atoms with Gasteiger partial charge in [-0.15, -0.1) is 0 Å². The van der Waals surface area contributed by atoms with Crippen LogP contribution in [-0.2, 0) is 19.1 Å². The van der Waals surface area contributed by atoms with Crippen molar-refractivity contribution in [2.75, 3.05) is 26.3 Å². The Kier molecular flexibility index (Phi) is 9.26. The number of benzene rings is 1. The van der Waals surface area contributed by atoms with Crippen molar-refractivity contribution in [1.82, 2.24) is 10.6 Å². The molecule has 0 unspecified atom stereocenters. The number of ether oxygens (including phenoxy) is 2. The van der Waals surface area contributed by atoms with Crippen molar-refractivity contribution >= 4 is 41.0 Å². The van der Waals surface area contributed by atoms with Crippen LogP contribution in [0.2, 0.25) is 10.0 Å². The minimum Gasteiger partial charge on any atom is -0.462 e. The number of hydrogen-bond acceptors (Lipinski definition) is 5. The van der Waals surface area contributed by atoms with Gasteiger partial charge >= 0.3 is 5.97 Å². The summed E-state index contributed by atoms with van der Waals surface area (Å²) in [4.78, 5) is 35.0. The fraction of sp³-hybridized carbons (Fsp3) is 0.438. The summed E-state index contributed by atoms with van der Waals surface area (Å²) in [6.45, 7) is 3.54. The van der Waals surface area contributed by atoms with Gasteiger partial charge in [0.05, 0.1) is 29.8 Å². The molecule has 0 heterocycles. The molecular formula is C16H20Cl2N2O5. The maximum absolute atomic E-state index is 11.9. The number of rotatable bonds is 9. The van der Waals surface area contributed by atoms with Crippen molar-refractivity contribution in [2.45, 2.75) is 20.0 Å². The third-order valence-corrected chi connectivity index (χ3v) is 3.36. The molecular weight excluding hydrogens is 371 g/mol. The average molecular weight is 391 g/mol. The van der Waals surface area contributed by atoms with Gasteiger partial charge in [-0.05, 0) is 32.0 Å². The van der Waals surface area contributed by atoms with Gasteiger partial charge in [0, 0.05) is 5.02 Å². The van der Waals surface area contributed by atoms with Crippen LogP contribution >= 0.6 is 23.2 Å². The molecule has 1 aromatic rings. The zero-order chi connectivity index (χ0) is 18.8. The van der Waals surface area contributed by atoms with Crippen LogP contribution in [0.3, 0.4) is 0 Å². The molecule has 0 atom stereocenters. The molecule has 25 heavy (non-hydrogen) atoms. The quantitative estimate of drug-likeness (QED) is 0.495. The van der Waals surface area contributed by atoms with Crippen LogP contribution in [0.5, 0.6) is 0 Å². The van der Waals surface area contributed by atoms with E-state index in [1.165, 1.54) is 18.2 Å². The zero-order valence-corrected chi connectivity index (χ0v) is 15.4. The number of esters is 1. The van der Waals surface area contributed by atoms with Gasteiger partial charge in [-0.1, -0.05) is 23.2 Å². The molecule has 0 aliphatic rings. The lowest BCUT2D eigenvalue weighted by Gasteiger charge is -2.09. The molecule has 7 nitrogen and oxygen atoms in total. The molecule has 138 valence electrons. The fourth-order valence-electron chi connectivity index (χ4n) is 1.65. The Hall–Kier alpha value is -1.83. The van der Waals surface area contributed by atoms with E-state index in [-0.39, 0.29) is 43.0 Å². The van der Waals surface area contributed by atoms with Gasteiger partial charge in [-0.25, -0.2) is 0 Å².